The number of carbonyl (C=O) groups excluding carboxylic acids is 1. The quantitative estimate of drug-likeness (QED) is 0.768. The first-order chi connectivity index (χ1) is 13.2. The van der Waals surface area contributed by atoms with Crippen LogP contribution >= 0.6 is 0 Å². The van der Waals surface area contributed by atoms with Crippen molar-refractivity contribution >= 4 is 21.6 Å². The summed E-state index contributed by atoms with van der Waals surface area (Å²) in [5.74, 6) is 0.685. The summed E-state index contributed by atoms with van der Waals surface area (Å²) in [4.78, 5) is 19.5. The van der Waals surface area contributed by atoms with E-state index in [9.17, 15) is 13.2 Å². The molecule has 1 aliphatic heterocycles. The number of aromatic nitrogens is 2. The van der Waals surface area contributed by atoms with E-state index < -0.39 is 10.0 Å². The standard InChI is InChI=1S/C20H28N4O3S/c1-5-23(17-9-7-6-8-10-17)20(25)19-15(2)24(16(3)21-19)18-11-13-22(14-12-18)28(4,26)27/h6-10,18H,5,11-14H2,1-4H3. The highest BCUT2D eigenvalue weighted by molar-refractivity contribution is 7.88. The van der Waals surface area contributed by atoms with Gasteiger partial charge in [-0.3, -0.25) is 4.79 Å². The molecule has 7 nitrogen and oxygen atoms in total. The lowest BCUT2D eigenvalue weighted by atomic mass is 10.1. The van der Waals surface area contributed by atoms with Crippen LogP contribution < -0.4 is 4.90 Å². The predicted octanol–water partition coefficient (Wildman–Crippen LogP) is 2.76. The van der Waals surface area contributed by atoms with Gasteiger partial charge in [0.15, 0.2) is 0 Å². The number of hydrogen-bond acceptors (Lipinski definition) is 4. The van der Waals surface area contributed by atoms with Crippen LogP contribution in [-0.4, -0.2) is 54.1 Å². The van der Waals surface area contributed by atoms with Crippen LogP contribution in [0.3, 0.4) is 0 Å². The molecule has 2 heterocycles. The number of para-hydroxylation sites is 1. The van der Waals surface area contributed by atoms with E-state index in [-0.39, 0.29) is 11.9 Å². The number of sulfonamides is 1. The fourth-order valence-corrected chi connectivity index (χ4v) is 4.88. The highest BCUT2D eigenvalue weighted by Gasteiger charge is 2.30. The van der Waals surface area contributed by atoms with Crippen LogP contribution in [-0.2, 0) is 10.0 Å². The number of benzene rings is 1. The number of aryl methyl sites for hydroxylation is 1. The monoisotopic (exact) mass is 404 g/mol. The summed E-state index contributed by atoms with van der Waals surface area (Å²) in [5.41, 5.74) is 2.16. The maximum absolute atomic E-state index is 13.2. The Balaban J connectivity index is 1.85. The van der Waals surface area contributed by atoms with Gasteiger partial charge in [-0.25, -0.2) is 17.7 Å². The molecule has 3 rings (SSSR count). The Hall–Kier alpha value is -2.19. The topological polar surface area (TPSA) is 75.5 Å². The Morgan fingerprint density at radius 1 is 1.18 bits per heavy atom. The summed E-state index contributed by atoms with van der Waals surface area (Å²) in [6.07, 6.45) is 2.69. The third-order valence-corrected chi connectivity index (χ3v) is 6.72. The lowest BCUT2D eigenvalue weighted by Gasteiger charge is -2.32. The van der Waals surface area contributed by atoms with Crippen molar-refractivity contribution < 1.29 is 13.2 Å². The molecule has 1 aromatic heterocycles. The number of nitrogens with zero attached hydrogens (tertiary/aromatic N) is 4. The highest BCUT2D eigenvalue weighted by atomic mass is 32.2. The van der Waals surface area contributed by atoms with E-state index in [1.165, 1.54) is 10.6 Å². The van der Waals surface area contributed by atoms with Crippen molar-refractivity contribution in [1.29, 1.82) is 0 Å². The molecule has 0 bridgehead atoms. The lowest BCUT2D eigenvalue weighted by molar-refractivity contribution is 0.0983. The van der Waals surface area contributed by atoms with Gasteiger partial charge in [0.1, 0.15) is 11.5 Å². The van der Waals surface area contributed by atoms with E-state index >= 15 is 0 Å². The molecule has 0 atom stereocenters. The Morgan fingerprint density at radius 2 is 1.79 bits per heavy atom. The van der Waals surface area contributed by atoms with Crippen LogP contribution in [0.5, 0.6) is 0 Å². The molecule has 152 valence electrons. The van der Waals surface area contributed by atoms with Crippen LogP contribution in [0.25, 0.3) is 0 Å². The maximum atomic E-state index is 13.2. The van der Waals surface area contributed by atoms with Gasteiger partial charge in [-0.15, -0.1) is 0 Å². The number of carbonyl (C=O) groups is 1. The number of amides is 1. The summed E-state index contributed by atoms with van der Waals surface area (Å²) >= 11 is 0. The summed E-state index contributed by atoms with van der Waals surface area (Å²) in [6.45, 7) is 7.33. The molecule has 1 saturated heterocycles. The molecular formula is C20H28N4O3S. The molecule has 1 fully saturated rings. The molecule has 1 amide bonds. The second-order valence-corrected chi connectivity index (χ2v) is 9.22. The molecular weight excluding hydrogens is 376 g/mol. The average Bonchev–Trinajstić information content (AvgIpc) is 2.97. The predicted molar refractivity (Wildman–Crippen MR) is 110 cm³/mol. The molecule has 0 unspecified atom stereocenters. The number of anilines is 1. The fraction of sp³-hybridized carbons (Fsp3) is 0.500. The van der Waals surface area contributed by atoms with E-state index in [0.717, 1.165) is 30.0 Å². The largest absolute Gasteiger partial charge is 0.329 e. The van der Waals surface area contributed by atoms with Crippen molar-refractivity contribution in [2.75, 3.05) is 30.8 Å². The van der Waals surface area contributed by atoms with Gasteiger partial charge in [-0.1, -0.05) is 18.2 Å². The van der Waals surface area contributed by atoms with Crippen LogP contribution in [0.1, 0.15) is 47.8 Å². The second-order valence-electron chi connectivity index (χ2n) is 7.24. The lowest BCUT2D eigenvalue weighted by Crippen LogP contribution is -2.38. The average molecular weight is 405 g/mol. The van der Waals surface area contributed by atoms with Crippen LogP contribution in [0.4, 0.5) is 5.69 Å². The number of rotatable bonds is 5. The van der Waals surface area contributed by atoms with Gasteiger partial charge in [0, 0.05) is 37.1 Å². The minimum Gasteiger partial charge on any atom is -0.329 e. The highest BCUT2D eigenvalue weighted by Crippen LogP contribution is 2.29. The molecule has 1 aromatic carbocycles. The summed E-state index contributed by atoms with van der Waals surface area (Å²) < 4.78 is 27.1. The molecule has 0 N–H and O–H groups in total. The smallest absolute Gasteiger partial charge is 0.278 e. The first-order valence-electron chi connectivity index (χ1n) is 9.61. The van der Waals surface area contributed by atoms with Gasteiger partial charge in [-0.2, -0.15) is 0 Å². The number of piperidine rings is 1. The fourth-order valence-electron chi connectivity index (χ4n) is 4.01. The zero-order valence-electron chi connectivity index (χ0n) is 16.9. The molecule has 0 radical (unpaired) electrons. The summed E-state index contributed by atoms with van der Waals surface area (Å²) in [5, 5.41) is 0. The first kappa shape index (κ1) is 20.5. The zero-order valence-corrected chi connectivity index (χ0v) is 17.7. The molecule has 0 aliphatic carbocycles. The molecule has 0 spiro atoms. The Morgan fingerprint density at radius 3 is 2.32 bits per heavy atom. The van der Waals surface area contributed by atoms with Gasteiger partial charge >= 0.3 is 0 Å². The van der Waals surface area contributed by atoms with E-state index in [0.29, 0.717) is 25.3 Å². The number of hydrogen-bond donors (Lipinski definition) is 0. The SMILES string of the molecule is CCN(C(=O)c1nc(C)n(C2CCN(S(C)(=O)=O)CC2)c1C)c1ccccc1. The van der Waals surface area contributed by atoms with Gasteiger partial charge in [-0.05, 0) is 45.7 Å². The Bertz CT molecular complexity index is 945. The third kappa shape index (κ3) is 3.98. The van der Waals surface area contributed by atoms with Crippen LogP contribution in [0.2, 0.25) is 0 Å². The van der Waals surface area contributed by atoms with Crippen molar-refractivity contribution in [3.05, 3.63) is 47.5 Å². The summed E-state index contributed by atoms with van der Waals surface area (Å²) in [6, 6.07) is 9.74. The van der Waals surface area contributed by atoms with Crippen molar-refractivity contribution in [2.45, 2.75) is 39.7 Å². The first-order valence-corrected chi connectivity index (χ1v) is 11.5. The molecule has 8 heteroatoms. The van der Waals surface area contributed by atoms with Crippen LogP contribution in [0.15, 0.2) is 30.3 Å². The molecule has 28 heavy (non-hydrogen) atoms. The van der Waals surface area contributed by atoms with Gasteiger partial charge < -0.3 is 9.47 Å². The van der Waals surface area contributed by atoms with Crippen LogP contribution in [0, 0.1) is 13.8 Å². The van der Waals surface area contributed by atoms with Crippen molar-refractivity contribution in [3.8, 4) is 0 Å². The Labute approximate surface area is 167 Å². The van der Waals surface area contributed by atoms with E-state index in [1.807, 2.05) is 51.1 Å². The second kappa shape index (κ2) is 8.05. The van der Waals surface area contributed by atoms with Gasteiger partial charge in [0.2, 0.25) is 10.0 Å². The minimum absolute atomic E-state index is 0.110. The van der Waals surface area contributed by atoms with Gasteiger partial charge in [0.05, 0.1) is 6.26 Å². The zero-order chi connectivity index (χ0) is 20.5. The number of imidazole rings is 1. The van der Waals surface area contributed by atoms with E-state index in [4.69, 9.17) is 0 Å². The summed E-state index contributed by atoms with van der Waals surface area (Å²) in [7, 11) is -3.16. The Kier molecular flexibility index (Phi) is 5.90. The normalized spacial score (nSPS) is 16.3. The minimum atomic E-state index is -3.16. The van der Waals surface area contributed by atoms with E-state index in [1.54, 1.807) is 4.90 Å². The molecule has 0 saturated carbocycles. The molecule has 1 aliphatic rings. The van der Waals surface area contributed by atoms with Gasteiger partial charge in [0.25, 0.3) is 5.91 Å². The van der Waals surface area contributed by atoms with Crippen molar-refractivity contribution in [2.24, 2.45) is 0 Å². The molecule has 2 aromatic rings. The van der Waals surface area contributed by atoms with E-state index in [2.05, 4.69) is 9.55 Å². The van der Waals surface area contributed by atoms with Crippen molar-refractivity contribution in [3.63, 3.8) is 0 Å². The maximum Gasteiger partial charge on any atom is 0.278 e. The third-order valence-electron chi connectivity index (χ3n) is 5.42. The van der Waals surface area contributed by atoms with Crippen molar-refractivity contribution in [1.82, 2.24) is 13.9 Å².